The van der Waals surface area contributed by atoms with Gasteiger partial charge in [0.15, 0.2) is 13.2 Å². The van der Waals surface area contributed by atoms with E-state index >= 15 is 0 Å². The van der Waals surface area contributed by atoms with Crippen LogP contribution in [-0.2, 0) is 9.59 Å². The standard InChI is InChI=1S/C26H34Cl2N2O4/c1-3-23(19-5-9-21(10-6-19)33-17-25(31)29-15-13-27)24(4-2)20-7-11-22(12-8-20)34-18-26(32)30-16-14-28/h5-12,23-24H,3-4,13-18H2,1-2H3,(H,29,31)(H,30,32)/t23-,24+. The lowest BCUT2D eigenvalue weighted by Gasteiger charge is -2.26. The monoisotopic (exact) mass is 508 g/mol. The van der Waals surface area contributed by atoms with E-state index < -0.39 is 0 Å². The second-order valence-corrected chi connectivity index (χ2v) is 8.58. The number of carbonyl (C=O) groups excluding carboxylic acids is 2. The van der Waals surface area contributed by atoms with E-state index in [2.05, 4.69) is 48.7 Å². The van der Waals surface area contributed by atoms with Crippen LogP contribution in [0.25, 0.3) is 0 Å². The molecule has 6 nitrogen and oxygen atoms in total. The molecule has 2 atom stereocenters. The van der Waals surface area contributed by atoms with Crippen LogP contribution < -0.4 is 20.1 Å². The normalized spacial score (nSPS) is 12.5. The fourth-order valence-electron chi connectivity index (χ4n) is 3.90. The third-order valence-corrected chi connectivity index (χ3v) is 5.93. The number of nitrogens with one attached hydrogen (secondary N) is 2. The highest BCUT2D eigenvalue weighted by atomic mass is 35.5. The van der Waals surface area contributed by atoms with Crippen molar-refractivity contribution < 1.29 is 19.1 Å². The van der Waals surface area contributed by atoms with E-state index in [9.17, 15) is 9.59 Å². The van der Waals surface area contributed by atoms with Crippen LogP contribution in [0.3, 0.4) is 0 Å². The third-order valence-electron chi connectivity index (χ3n) is 5.56. The number of halogens is 2. The van der Waals surface area contributed by atoms with Crippen LogP contribution in [0.2, 0.25) is 0 Å². The number of benzene rings is 2. The molecule has 0 aliphatic rings. The van der Waals surface area contributed by atoms with Gasteiger partial charge in [0, 0.05) is 24.8 Å². The molecule has 2 rings (SSSR count). The maximum atomic E-state index is 11.7. The Morgan fingerprint density at radius 3 is 1.35 bits per heavy atom. The Labute approximate surface area is 212 Å². The number of rotatable bonds is 15. The van der Waals surface area contributed by atoms with Crippen molar-refractivity contribution in [1.82, 2.24) is 10.6 Å². The molecule has 0 aliphatic carbocycles. The van der Waals surface area contributed by atoms with E-state index in [-0.39, 0.29) is 25.0 Å². The quantitative estimate of drug-likeness (QED) is 0.337. The Kier molecular flexibility index (Phi) is 12.6. The molecule has 0 aromatic heterocycles. The third kappa shape index (κ3) is 9.07. The van der Waals surface area contributed by atoms with Gasteiger partial charge in [-0.2, -0.15) is 0 Å². The minimum Gasteiger partial charge on any atom is -0.484 e. The number of ether oxygens (including phenoxy) is 2. The Morgan fingerprint density at radius 1 is 0.706 bits per heavy atom. The summed E-state index contributed by atoms with van der Waals surface area (Å²) in [6, 6.07) is 15.9. The Hall–Kier alpha value is -2.44. The van der Waals surface area contributed by atoms with Crippen molar-refractivity contribution >= 4 is 35.0 Å². The lowest BCUT2D eigenvalue weighted by atomic mass is 9.78. The number of hydrogen-bond acceptors (Lipinski definition) is 4. The molecule has 186 valence electrons. The van der Waals surface area contributed by atoms with Gasteiger partial charge >= 0.3 is 0 Å². The van der Waals surface area contributed by atoms with Crippen LogP contribution in [0, 0.1) is 0 Å². The Bertz CT molecular complexity index is 802. The predicted molar refractivity (Wildman–Crippen MR) is 137 cm³/mol. The topological polar surface area (TPSA) is 76.7 Å². The molecular formula is C26H34Cl2N2O4. The van der Waals surface area contributed by atoms with Gasteiger partial charge in [-0.1, -0.05) is 38.1 Å². The van der Waals surface area contributed by atoms with Gasteiger partial charge in [0.1, 0.15) is 11.5 Å². The van der Waals surface area contributed by atoms with E-state index in [0.717, 1.165) is 12.8 Å². The molecular weight excluding hydrogens is 475 g/mol. The fourth-order valence-corrected chi connectivity index (χ4v) is 4.09. The van der Waals surface area contributed by atoms with E-state index in [1.54, 1.807) is 0 Å². The molecule has 0 radical (unpaired) electrons. The first-order valence-electron chi connectivity index (χ1n) is 11.6. The second-order valence-electron chi connectivity index (χ2n) is 7.82. The highest BCUT2D eigenvalue weighted by molar-refractivity contribution is 6.18. The zero-order valence-corrected chi connectivity index (χ0v) is 21.3. The predicted octanol–water partition coefficient (Wildman–Crippen LogP) is 4.84. The van der Waals surface area contributed by atoms with E-state index in [4.69, 9.17) is 32.7 Å². The summed E-state index contributed by atoms with van der Waals surface area (Å²) in [6.45, 7) is 5.17. The van der Waals surface area contributed by atoms with Gasteiger partial charge in [0.25, 0.3) is 11.8 Å². The lowest BCUT2D eigenvalue weighted by Crippen LogP contribution is -2.30. The van der Waals surface area contributed by atoms with Gasteiger partial charge in [-0.15, -0.1) is 23.2 Å². The Morgan fingerprint density at radius 2 is 1.06 bits per heavy atom. The summed E-state index contributed by atoms with van der Waals surface area (Å²) in [7, 11) is 0. The lowest BCUT2D eigenvalue weighted by molar-refractivity contribution is -0.123. The maximum absolute atomic E-state index is 11.7. The van der Waals surface area contributed by atoms with Gasteiger partial charge in [0.05, 0.1) is 0 Å². The summed E-state index contributed by atoms with van der Waals surface area (Å²) in [5, 5.41) is 5.36. The van der Waals surface area contributed by atoms with E-state index in [1.165, 1.54) is 11.1 Å². The first-order valence-corrected chi connectivity index (χ1v) is 12.7. The van der Waals surface area contributed by atoms with Crippen molar-refractivity contribution in [2.75, 3.05) is 38.1 Å². The van der Waals surface area contributed by atoms with Crippen LogP contribution in [-0.4, -0.2) is 49.9 Å². The number of carbonyl (C=O) groups is 2. The average Bonchev–Trinajstić information content (AvgIpc) is 2.87. The maximum Gasteiger partial charge on any atom is 0.257 e. The molecule has 0 saturated carbocycles. The minimum atomic E-state index is -0.189. The molecule has 0 unspecified atom stereocenters. The summed E-state index contributed by atoms with van der Waals surface area (Å²) in [6.07, 6.45) is 1.97. The molecule has 0 aliphatic heterocycles. The number of hydrogen-bond donors (Lipinski definition) is 2. The second kappa shape index (κ2) is 15.5. The van der Waals surface area contributed by atoms with Gasteiger partial charge in [-0.3, -0.25) is 9.59 Å². The molecule has 2 N–H and O–H groups in total. The first-order chi connectivity index (χ1) is 16.5. The molecule has 0 fully saturated rings. The molecule has 2 aromatic rings. The summed E-state index contributed by atoms with van der Waals surface area (Å²) in [5.41, 5.74) is 2.45. The van der Waals surface area contributed by atoms with Crippen LogP contribution >= 0.6 is 23.2 Å². The molecule has 34 heavy (non-hydrogen) atoms. The average molecular weight is 509 g/mol. The molecule has 2 aromatic carbocycles. The summed E-state index contributed by atoms with van der Waals surface area (Å²) in [4.78, 5) is 23.4. The fraction of sp³-hybridized carbons (Fsp3) is 0.462. The molecule has 0 heterocycles. The number of alkyl halides is 2. The van der Waals surface area contributed by atoms with Gasteiger partial charge in [-0.25, -0.2) is 0 Å². The highest BCUT2D eigenvalue weighted by Gasteiger charge is 2.22. The zero-order chi connectivity index (χ0) is 24.8. The molecule has 0 saturated heterocycles. The highest BCUT2D eigenvalue weighted by Crippen LogP contribution is 2.38. The molecule has 2 amide bonds. The first kappa shape index (κ1) is 27.8. The van der Waals surface area contributed by atoms with Crippen molar-refractivity contribution in [3.05, 3.63) is 59.7 Å². The number of amides is 2. The van der Waals surface area contributed by atoms with E-state index in [1.807, 2.05) is 24.3 Å². The van der Waals surface area contributed by atoms with Crippen LogP contribution in [0.1, 0.15) is 49.7 Å². The van der Waals surface area contributed by atoms with Crippen molar-refractivity contribution in [3.63, 3.8) is 0 Å². The smallest absolute Gasteiger partial charge is 0.257 e. The van der Waals surface area contributed by atoms with Crippen LogP contribution in [0.4, 0.5) is 0 Å². The Balaban J connectivity index is 1.99. The summed E-state index contributed by atoms with van der Waals surface area (Å²) in [5.74, 6) is 2.35. The van der Waals surface area contributed by atoms with E-state index in [0.29, 0.717) is 48.2 Å². The van der Waals surface area contributed by atoms with Crippen molar-refractivity contribution in [2.45, 2.75) is 38.5 Å². The summed E-state index contributed by atoms with van der Waals surface area (Å²) < 4.78 is 11.2. The van der Waals surface area contributed by atoms with Crippen molar-refractivity contribution in [1.29, 1.82) is 0 Å². The van der Waals surface area contributed by atoms with Crippen LogP contribution in [0.5, 0.6) is 11.5 Å². The molecule has 0 bridgehead atoms. The molecule has 8 heteroatoms. The van der Waals surface area contributed by atoms with Gasteiger partial charge in [-0.05, 0) is 60.1 Å². The largest absolute Gasteiger partial charge is 0.484 e. The van der Waals surface area contributed by atoms with Crippen molar-refractivity contribution in [2.24, 2.45) is 0 Å². The summed E-state index contributed by atoms with van der Waals surface area (Å²) >= 11 is 11.1. The van der Waals surface area contributed by atoms with Crippen molar-refractivity contribution in [3.8, 4) is 11.5 Å². The van der Waals surface area contributed by atoms with Crippen LogP contribution in [0.15, 0.2) is 48.5 Å². The minimum absolute atomic E-state index is 0.0339. The zero-order valence-electron chi connectivity index (χ0n) is 19.8. The molecule has 0 spiro atoms. The SMILES string of the molecule is CC[C@H](c1ccc(OCC(=O)NCCCl)cc1)[C@@H](CC)c1ccc(OCC(=O)NCCCl)cc1. The van der Waals surface area contributed by atoms with Gasteiger partial charge in [0.2, 0.25) is 0 Å². The van der Waals surface area contributed by atoms with Gasteiger partial charge < -0.3 is 20.1 Å².